The Kier molecular flexibility index (Phi) is 1.26. The Morgan fingerprint density at radius 2 is 2.44 bits per heavy atom. The number of nitrogens with one attached hydrogen (secondary N) is 1. The van der Waals surface area contributed by atoms with Crippen molar-refractivity contribution in [1.29, 1.82) is 0 Å². The third kappa shape index (κ3) is 0.933. The van der Waals surface area contributed by atoms with Crippen molar-refractivity contribution in [3.05, 3.63) is 17.7 Å². The topological polar surface area (TPSA) is 45.8 Å². The summed E-state index contributed by atoms with van der Waals surface area (Å²) in [6, 6.07) is -1.82. The molecule has 0 aliphatic rings. The lowest BCUT2D eigenvalue weighted by Crippen LogP contribution is -1.90. The minimum absolute atomic E-state index is 0.657. The Bertz CT molecular complexity index is 232. The van der Waals surface area contributed by atoms with Gasteiger partial charge in [0.05, 0.1) is 6.20 Å². The van der Waals surface area contributed by atoms with Crippen molar-refractivity contribution in [2.24, 2.45) is 0 Å². The van der Waals surface area contributed by atoms with Crippen molar-refractivity contribution in [1.82, 2.24) is 10.2 Å². The lowest BCUT2D eigenvalue weighted by molar-refractivity contribution is 0.0831. The van der Waals surface area contributed by atoms with E-state index in [-0.39, 0.29) is 0 Å². The van der Waals surface area contributed by atoms with Crippen LogP contribution in [0.2, 0.25) is 0 Å². The van der Waals surface area contributed by atoms with Crippen LogP contribution < -0.4 is 0 Å². The zero-order valence-electron chi connectivity index (χ0n) is 4.19. The monoisotopic (exact) mass is 132 g/mol. The number of halogens is 2. The van der Waals surface area contributed by atoms with Gasteiger partial charge in [-0.15, -0.1) is 0 Å². The first-order valence-electron chi connectivity index (χ1n) is 2.10. The summed E-state index contributed by atoms with van der Waals surface area (Å²) in [5.74, 6) is -1.04. The maximum absolute atomic E-state index is 12.0. The van der Waals surface area contributed by atoms with Crippen LogP contribution in [0, 0.1) is 5.95 Å². The van der Waals surface area contributed by atoms with Crippen LogP contribution in [0.15, 0.2) is 6.20 Å². The summed E-state index contributed by atoms with van der Waals surface area (Å²) in [6.45, 7) is 0. The summed E-state index contributed by atoms with van der Waals surface area (Å²) in [4.78, 5) is 9.76. The Hall–Kier alpha value is -1.26. The summed E-state index contributed by atoms with van der Waals surface area (Å²) >= 11 is 0. The Morgan fingerprint density at radius 3 is 2.67 bits per heavy atom. The van der Waals surface area contributed by atoms with Gasteiger partial charge in [0.25, 0.3) is 0 Å². The van der Waals surface area contributed by atoms with Crippen LogP contribution in [0.5, 0.6) is 0 Å². The molecule has 0 bridgehead atoms. The number of aromatic amines is 1. The molecule has 1 aromatic rings. The predicted octanol–water partition coefficient (Wildman–Crippen LogP) is 0.659. The van der Waals surface area contributed by atoms with E-state index in [0.29, 0.717) is 0 Å². The van der Waals surface area contributed by atoms with Gasteiger partial charge in [0.2, 0.25) is 5.95 Å². The maximum atomic E-state index is 12.0. The van der Waals surface area contributed by atoms with E-state index in [9.17, 15) is 13.6 Å². The Labute approximate surface area is 48.7 Å². The van der Waals surface area contributed by atoms with E-state index >= 15 is 0 Å². The second-order valence-electron chi connectivity index (χ2n) is 1.37. The fourth-order valence-corrected chi connectivity index (χ4v) is 0.407. The summed E-state index contributed by atoms with van der Waals surface area (Å²) in [6.07, 6.45) is 0.789. The number of aromatic nitrogens is 2. The number of rotatable bonds is 1. The summed E-state index contributed by atoms with van der Waals surface area (Å²) in [7, 11) is 0. The molecule has 0 spiro atoms. The summed E-state index contributed by atoms with van der Waals surface area (Å²) in [5.41, 5.74) is -0.657. The van der Waals surface area contributed by atoms with Gasteiger partial charge in [0.1, 0.15) is 5.56 Å². The van der Waals surface area contributed by atoms with Gasteiger partial charge in [-0.3, -0.25) is 9.89 Å². The van der Waals surface area contributed by atoms with Gasteiger partial charge in [0, 0.05) is 0 Å². The highest BCUT2D eigenvalue weighted by atomic mass is 19.1. The van der Waals surface area contributed by atoms with Crippen molar-refractivity contribution < 1.29 is 13.6 Å². The van der Waals surface area contributed by atoms with E-state index in [2.05, 4.69) is 5.10 Å². The first-order valence-corrected chi connectivity index (χ1v) is 2.10. The number of carbonyl (C=O) groups excluding carboxylic acids is 1. The number of H-pyrrole nitrogens is 1. The second-order valence-corrected chi connectivity index (χ2v) is 1.37. The van der Waals surface area contributed by atoms with Crippen LogP contribution in [0.25, 0.3) is 0 Å². The minimum atomic E-state index is -1.82. The first kappa shape index (κ1) is 5.87. The molecule has 0 atom stereocenters. The fraction of sp³-hybridized carbons (Fsp3) is 0. The molecule has 0 amide bonds. The van der Waals surface area contributed by atoms with Crippen molar-refractivity contribution >= 4 is 6.04 Å². The van der Waals surface area contributed by atoms with Crippen LogP contribution in [0.4, 0.5) is 8.78 Å². The number of nitrogens with zero attached hydrogens (tertiary/aromatic N) is 1. The van der Waals surface area contributed by atoms with Gasteiger partial charge >= 0.3 is 6.04 Å². The van der Waals surface area contributed by atoms with Gasteiger partial charge in [-0.1, -0.05) is 0 Å². The molecule has 0 unspecified atom stereocenters. The molecule has 1 N–H and O–H groups in total. The number of hydrogen-bond donors (Lipinski definition) is 1. The number of hydrogen-bond acceptors (Lipinski definition) is 2. The number of carbonyl (C=O) groups is 1. The molecule has 5 heteroatoms. The normalized spacial score (nSPS) is 9.56. The second kappa shape index (κ2) is 1.93. The van der Waals surface area contributed by atoms with Gasteiger partial charge in [-0.2, -0.15) is 13.9 Å². The zero-order valence-corrected chi connectivity index (χ0v) is 4.19. The SMILES string of the molecule is O=C(F)c1cn[nH]c1F. The quantitative estimate of drug-likeness (QED) is 0.570. The van der Waals surface area contributed by atoms with Crippen molar-refractivity contribution in [2.75, 3.05) is 0 Å². The molecule has 3 nitrogen and oxygen atoms in total. The third-order valence-electron chi connectivity index (χ3n) is 0.805. The van der Waals surface area contributed by atoms with Crippen LogP contribution in [-0.2, 0) is 0 Å². The molecule has 1 rings (SSSR count). The van der Waals surface area contributed by atoms with E-state index < -0.39 is 17.5 Å². The molecule has 0 aliphatic heterocycles. The molecular weight excluding hydrogens is 130 g/mol. The van der Waals surface area contributed by atoms with E-state index in [1.165, 1.54) is 0 Å². The van der Waals surface area contributed by atoms with Gasteiger partial charge < -0.3 is 0 Å². The molecule has 0 saturated carbocycles. The van der Waals surface area contributed by atoms with Gasteiger partial charge in [-0.05, 0) is 0 Å². The standard InChI is InChI=1S/C4H2F2N2O/c5-3-2(4(6)9)1-7-8-3/h1H,(H,7,8). The highest BCUT2D eigenvalue weighted by molar-refractivity contribution is 5.87. The lowest BCUT2D eigenvalue weighted by atomic mass is 10.4. The molecule has 48 valence electrons. The average Bonchev–Trinajstić information content (AvgIpc) is 2.13. The van der Waals surface area contributed by atoms with E-state index in [0.717, 1.165) is 6.20 Å². The van der Waals surface area contributed by atoms with Crippen LogP contribution in [-0.4, -0.2) is 16.2 Å². The van der Waals surface area contributed by atoms with Gasteiger partial charge in [0.15, 0.2) is 0 Å². The molecule has 0 saturated heterocycles. The largest absolute Gasteiger partial charge is 0.338 e. The fourth-order valence-electron chi connectivity index (χ4n) is 0.407. The Balaban J connectivity index is 3.08. The molecule has 1 aromatic heterocycles. The van der Waals surface area contributed by atoms with Crippen molar-refractivity contribution in [2.45, 2.75) is 0 Å². The molecule has 0 aliphatic carbocycles. The molecule has 0 fully saturated rings. The highest BCUT2D eigenvalue weighted by Crippen LogP contribution is 2.02. The van der Waals surface area contributed by atoms with E-state index in [4.69, 9.17) is 0 Å². The molecule has 1 heterocycles. The predicted molar refractivity (Wildman–Crippen MR) is 24.0 cm³/mol. The first-order chi connectivity index (χ1) is 4.22. The Morgan fingerprint density at radius 1 is 1.78 bits per heavy atom. The van der Waals surface area contributed by atoms with Crippen LogP contribution >= 0.6 is 0 Å². The van der Waals surface area contributed by atoms with E-state index in [1.807, 2.05) is 0 Å². The zero-order chi connectivity index (χ0) is 6.85. The lowest BCUT2D eigenvalue weighted by Gasteiger charge is -1.78. The van der Waals surface area contributed by atoms with Crippen LogP contribution in [0.3, 0.4) is 0 Å². The molecular formula is C4H2F2N2O. The van der Waals surface area contributed by atoms with E-state index in [1.54, 1.807) is 5.10 Å². The molecule has 0 radical (unpaired) electrons. The smallest absolute Gasteiger partial charge is 0.255 e. The van der Waals surface area contributed by atoms with Crippen LogP contribution in [0.1, 0.15) is 10.4 Å². The van der Waals surface area contributed by atoms with Crippen molar-refractivity contribution in [3.8, 4) is 0 Å². The van der Waals surface area contributed by atoms with Crippen molar-refractivity contribution in [3.63, 3.8) is 0 Å². The minimum Gasteiger partial charge on any atom is -0.255 e. The maximum Gasteiger partial charge on any atom is 0.338 e. The average molecular weight is 132 g/mol. The molecule has 0 aromatic carbocycles. The third-order valence-corrected chi connectivity index (χ3v) is 0.805. The molecule has 9 heavy (non-hydrogen) atoms. The summed E-state index contributed by atoms with van der Waals surface area (Å²) < 4.78 is 23.6. The summed E-state index contributed by atoms with van der Waals surface area (Å²) in [5, 5.41) is 4.85. The van der Waals surface area contributed by atoms with Gasteiger partial charge in [-0.25, -0.2) is 0 Å². The highest BCUT2D eigenvalue weighted by Gasteiger charge is 2.11.